The number of carbonyl (C=O) groups is 1. The minimum absolute atomic E-state index is 0.184. The van der Waals surface area contributed by atoms with E-state index in [-0.39, 0.29) is 10.8 Å². The van der Waals surface area contributed by atoms with Crippen molar-refractivity contribution in [2.75, 3.05) is 6.54 Å². The van der Waals surface area contributed by atoms with Gasteiger partial charge in [0.25, 0.3) is 10.0 Å². The summed E-state index contributed by atoms with van der Waals surface area (Å²) in [6.07, 6.45) is 5.45. The van der Waals surface area contributed by atoms with Crippen LogP contribution in [-0.2, 0) is 20.4 Å². The number of amides is 1. The van der Waals surface area contributed by atoms with Gasteiger partial charge in [-0.3, -0.25) is 4.79 Å². The lowest BCUT2D eigenvalue weighted by molar-refractivity contribution is -0.122. The van der Waals surface area contributed by atoms with Gasteiger partial charge in [0.1, 0.15) is 9.75 Å². The van der Waals surface area contributed by atoms with Crippen LogP contribution in [0.4, 0.5) is 0 Å². The Balaban J connectivity index is 1.71. The number of aromatic nitrogens is 2. The predicted molar refractivity (Wildman–Crippen MR) is 96.1 cm³/mol. The van der Waals surface area contributed by atoms with Crippen LogP contribution < -0.4 is 10.0 Å². The van der Waals surface area contributed by atoms with Crippen molar-refractivity contribution < 1.29 is 17.7 Å². The Labute approximate surface area is 156 Å². The minimum atomic E-state index is -3.68. The predicted octanol–water partition coefficient (Wildman–Crippen LogP) is 2.08. The molecule has 0 unspecified atom stereocenters. The summed E-state index contributed by atoms with van der Waals surface area (Å²) in [4.78, 5) is 16.8. The second kappa shape index (κ2) is 7.85. The number of thiophene rings is 1. The normalized spacial score (nSPS) is 17.6. The van der Waals surface area contributed by atoms with Crippen molar-refractivity contribution >= 4 is 27.3 Å². The first kappa shape index (κ1) is 19.0. The van der Waals surface area contributed by atoms with Gasteiger partial charge in [-0.2, -0.15) is 4.98 Å². The van der Waals surface area contributed by atoms with Crippen LogP contribution in [0.1, 0.15) is 50.2 Å². The van der Waals surface area contributed by atoms with Gasteiger partial charge in [-0.25, -0.2) is 13.1 Å². The molecule has 1 amide bonds. The van der Waals surface area contributed by atoms with Gasteiger partial charge in [0.2, 0.25) is 11.8 Å². The van der Waals surface area contributed by atoms with Gasteiger partial charge in [0.15, 0.2) is 5.82 Å². The third-order valence-corrected chi connectivity index (χ3v) is 7.27. The highest BCUT2D eigenvalue weighted by atomic mass is 32.2. The van der Waals surface area contributed by atoms with Crippen molar-refractivity contribution in [2.45, 2.75) is 55.2 Å². The molecule has 2 N–H and O–H groups in total. The molecule has 2 aromatic rings. The van der Waals surface area contributed by atoms with E-state index >= 15 is 0 Å². The molecule has 8 nitrogen and oxygen atoms in total. The Morgan fingerprint density at radius 2 is 2.04 bits per heavy atom. The van der Waals surface area contributed by atoms with Crippen molar-refractivity contribution in [3.05, 3.63) is 29.2 Å². The molecule has 0 atom stereocenters. The monoisotopic (exact) mass is 398 g/mol. The quantitative estimate of drug-likeness (QED) is 0.720. The summed E-state index contributed by atoms with van der Waals surface area (Å²) >= 11 is 1.10. The maximum atomic E-state index is 12.5. The minimum Gasteiger partial charge on any atom is -0.342 e. The van der Waals surface area contributed by atoms with Crippen molar-refractivity contribution in [3.8, 4) is 0 Å². The lowest BCUT2D eigenvalue weighted by Crippen LogP contribution is -2.49. The fourth-order valence-electron chi connectivity index (χ4n) is 3.19. The Bertz CT molecular complexity index is 837. The zero-order chi connectivity index (χ0) is 18.6. The third-order valence-electron chi connectivity index (χ3n) is 4.47. The summed E-state index contributed by atoms with van der Waals surface area (Å²) in [6.45, 7) is 1.37. The van der Waals surface area contributed by atoms with E-state index in [2.05, 4.69) is 20.2 Å². The van der Waals surface area contributed by atoms with Gasteiger partial charge < -0.3 is 9.84 Å². The van der Waals surface area contributed by atoms with E-state index < -0.39 is 21.5 Å². The molecule has 2 aromatic heterocycles. The average molecular weight is 399 g/mol. The molecule has 1 fully saturated rings. The molecule has 26 heavy (non-hydrogen) atoms. The van der Waals surface area contributed by atoms with Crippen LogP contribution in [0.3, 0.4) is 0 Å². The average Bonchev–Trinajstić information content (AvgIpc) is 3.23. The van der Waals surface area contributed by atoms with Crippen LogP contribution in [0.15, 0.2) is 26.2 Å². The number of hydrogen-bond donors (Lipinski definition) is 2. The van der Waals surface area contributed by atoms with Crippen LogP contribution in [-0.4, -0.2) is 31.0 Å². The maximum Gasteiger partial charge on any atom is 0.250 e. The van der Waals surface area contributed by atoms with E-state index in [9.17, 15) is 13.2 Å². The highest BCUT2D eigenvalue weighted by Gasteiger charge is 2.38. The maximum absolute atomic E-state index is 12.5. The van der Waals surface area contributed by atoms with Crippen molar-refractivity contribution in [1.29, 1.82) is 0 Å². The number of carbonyl (C=O) groups excluding carboxylic acids is 1. The van der Waals surface area contributed by atoms with Crippen LogP contribution in [0.5, 0.6) is 0 Å². The molecule has 0 saturated heterocycles. The van der Waals surface area contributed by atoms with E-state index in [1.54, 1.807) is 18.4 Å². The van der Waals surface area contributed by atoms with Gasteiger partial charge in [-0.1, -0.05) is 36.9 Å². The van der Waals surface area contributed by atoms with E-state index in [1.165, 1.54) is 6.07 Å². The largest absolute Gasteiger partial charge is 0.342 e. The lowest BCUT2D eigenvalue weighted by atomic mass is 9.89. The first-order chi connectivity index (χ1) is 12.4. The fourth-order valence-corrected chi connectivity index (χ4v) is 5.21. The SMILES string of the molecule is Cc1nc(C2(NC(=O)CNS(=O)(=O)c3cccs3)CCCCCC2)no1. The Morgan fingerprint density at radius 1 is 1.31 bits per heavy atom. The van der Waals surface area contributed by atoms with E-state index in [4.69, 9.17) is 4.52 Å². The second-order valence-electron chi connectivity index (χ2n) is 6.44. The van der Waals surface area contributed by atoms with Crippen molar-refractivity contribution in [1.82, 2.24) is 20.2 Å². The summed E-state index contributed by atoms with van der Waals surface area (Å²) in [6, 6.07) is 3.15. The number of rotatable bonds is 6. The zero-order valence-corrected chi connectivity index (χ0v) is 16.2. The first-order valence-electron chi connectivity index (χ1n) is 8.56. The summed E-state index contributed by atoms with van der Waals surface area (Å²) in [5.74, 6) is 0.497. The van der Waals surface area contributed by atoms with Gasteiger partial charge in [0, 0.05) is 6.92 Å². The molecule has 1 aliphatic rings. The molecule has 3 rings (SSSR count). The number of sulfonamides is 1. The summed E-state index contributed by atoms with van der Waals surface area (Å²) < 4.78 is 32.0. The van der Waals surface area contributed by atoms with E-state index in [0.29, 0.717) is 24.6 Å². The second-order valence-corrected chi connectivity index (χ2v) is 9.38. The van der Waals surface area contributed by atoms with Crippen LogP contribution in [0.25, 0.3) is 0 Å². The Kier molecular flexibility index (Phi) is 5.73. The molecule has 142 valence electrons. The van der Waals surface area contributed by atoms with Crippen LogP contribution in [0.2, 0.25) is 0 Å². The van der Waals surface area contributed by atoms with Crippen molar-refractivity contribution in [2.24, 2.45) is 0 Å². The summed E-state index contributed by atoms with van der Waals surface area (Å²) in [7, 11) is -3.68. The molecule has 0 radical (unpaired) electrons. The topological polar surface area (TPSA) is 114 Å². The number of nitrogens with zero attached hydrogens (tertiary/aromatic N) is 2. The number of aryl methyl sites for hydroxylation is 1. The molecule has 0 bridgehead atoms. The lowest BCUT2D eigenvalue weighted by Gasteiger charge is -2.30. The molecule has 10 heteroatoms. The Morgan fingerprint density at radius 3 is 2.62 bits per heavy atom. The third kappa shape index (κ3) is 4.30. The molecule has 2 heterocycles. The highest BCUT2D eigenvalue weighted by Crippen LogP contribution is 2.34. The van der Waals surface area contributed by atoms with Crippen LogP contribution >= 0.6 is 11.3 Å². The van der Waals surface area contributed by atoms with Gasteiger partial charge >= 0.3 is 0 Å². The van der Waals surface area contributed by atoms with Crippen LogP contribution in [0, 0.1) is 6.92 Å². The standard InChI is InChI=1S/C16H22N4O4S2/c1-12-18-15(20-24-12)16(8-4-2-3-5-9-16)19-13(21)11-17-26(22,23)14-7-6-10-25-14/h6-7,10,17H,2-5,8-9,11H2,1H3,(H,19,21). The fraction of sp³-hybridized carbons (Fsp3) is 0.562. The van der Waals surface area contributed by atoms with Crippen molar-refractivity contribution in [3.63, 3.8) is 0 Å². The molecular weight excluding hydrogens is 376 g/mol. The van der Waals surface area contributed by atoms with Gasteiger partial charge in [-0.05, 0) is 24.3 Å². The molecule has 0 spiro atoms. The molecule has 0 aliphatic heterocycles. The molecule has 0 aromatic carbocycles. The summed E-state index contributed by atoms with van der Waals surface area (Å²) in [5.41, 5.74) is -0.709. The first-order valence-corrected chi connectivity index (χ1v) is 10.9. The Hall–Kier alpha value is -1.78. The molecular formula is C16H22N4O4S2. The van der Waals surface area contributed by atoms with E-state index in [0.717, 1.165) is 37.0 Å². The highest BCUT2D eigenvalue weighted by molar-refractivity contribution is 7.91. The van der Waals surface area contributed by atoms with Gasteiger partial charge in [0.05, 0.1) is 6.54 Å². The number of hydrogen-bond acceptors (Lipinski definition) is 7. The molecule has 1 saturated carbocycles. The number of nitrogens with one attached hydrogen (secondary N) is 2. The van der Waals surface area contributed by atoms with Gasteiger partial charge in [-0.15, -0.1) is 11.3 Å². The zero-order valence-electron chi connectivity index (χ0n) is 14.5. The molecule has 1 aliphatic carbocycles. The smallest absolute Gasteiger partial charge is 0.250 e. The van der Waals surface area contributed by atoms with E-state index in [1.807, 2.05) is 0 Å². The summed E-state index contributed by atoms with van der Waals surface area (Å²) in [5, 5.41) is 8.66.